The Balaban J connectivity index is 2.37. The number of aromatic nitrogens is 3. The number of aryl methyl sites for hydroxylation is 1. The molecule has 0 saturated carbocycles. The van der Waals surface area contributed by atoms with Gasteiger partial charge in [-0.15, -0.1) is 0 Å². The summed E-state index contributed by atoms with van der Waals surface area (Å²) in [6.07, 6.45) is 3.48. The first kappa shape index (κ1) is 11.3. The molecule has 0 fully saturated rings. The fraction of sp³-hybridized carbons (Fsp3) is 0.200. The smallest absolute Gasteiger partial charge is 0.105 e. The monoisotopic (exact) mass is 281 g/mol. The van der Waals surface area contributed by atoms with E-state index in [1.807, 2.05) is 25.2 Å². The molecule has 0 aliphatic rings. The van der Waals surface area contributed by atoms with Crippen LogP contribution in [0.2, 0.25) is 0 Å². The second-order valence-corrected chi connectivity index (χ2v) is 4.30. The number of hydrogen-bond acceptors (Lipinski definition) is 4. The van der Waals surface area contributed by atoms with E-state index in [9.17, 15) is 0 Å². The lowest BCUT2D eigenvalue weighted by atomic mass is 10.1. The van der Waals surface area contributed by atoms with Crippen molar-refractivity contribution in [3.63, 3.8) is 0 Å². The third-order valence-corrected chi connectivity index (χ3v) is 2.84. The average Bonchev–Trinajstić information content (AvgIpc) is 2.69. The van der Waals surface area contributed by atoms with Crippen LogP contribution in [0, 0.1) is 0 Å². The van der Waals surface area contributed by atoms with Crippen molar-refractivity contribution in [2.45, 2.75) is 6.04 Å². The lowest BCUT2D eigenvalue weighted by Gasteiger charge is -2.15. The normalized spacial score (nSPS) is 12.7. The van der Waals surface area contributed by atoms with Crippen molar-refractivity contribution in [3.05, 3.63) is 46.5 Å². The van der Waals surface area contributed by atoms with Crippen molar-refractivity contribution >= 4 is 15.9 Å². The van der Waals surface area contributed by atoms with Gasteiger partial charge in [0.15, 0.2) is 0 Å². The van der Waals surface area contributed by atoms with Crippen LogP contribution in [0.15, 0.2) is 35.1 Å². The summed E-state index contributed by atoms with van der Waals surface area (Å²) in [6.45, 7) is 0. The molecule has 2 aromatic heterocycles. The van der Waals surface area contributed by atoms with Gasteiger partial charge in [-0.25, -0.2) is 5.43 Å². The Bertz CT molecular complexity index is 464. The van der Waals surface area contributed by atoms with Crippen LogP contribution in [0.4, 0.5) is 0 Å². The van der Waals surface area contributed by atoms with Crippen LogP contribution in [0.3, 0.4) is 0 Å². The summed E-state index contributed by atoms with van der Waals surface area (Å²) in [6, 6.07) is 5.61. The minimum Gasteiger partial charge on any atom is -0.271 e. The highest BCUT2D eigenvalue weighted by Gasteiger charge is 2.16. The Kier molecular flexibility index (Phi) is 3.33. The van der Waals surface area contributed by atoms with Crippen molar-refractivity contribution in [1.82, 2.24) is 20.2 Å². The van der Waals surface area contributed by atoms with Crippen LogP contribution in [0.1, 0.15) is 17.4 Å². The number of halogens is 1. The maximum Gasteiger partial charge on any atom is 0.105 e. The van der Waals surface area contributed by atoms with E-state index in [2.05, 4.69) is 31.4 Å². The van der Waals surface area contributed by atoms with Gasteiger partial charge in [-0.05, 0) is 34.1 Å². The van der Waals surface area contributed by atoms with E-state index in [-0.39, 0.29) is 6.04 Å². The van der Waals surface area contributed by atoms with Crippen LogP contribution in [0.25, 0.3) is 0 Å². The van der Waals surface area contributed by atoms with E-state index in [4.69, 9.17) is 5.84 Å². The first-order valence-corrected chi connectivity index (χ1v) is 5.57. The van der Waals surface area contributed by atoms with E-state index in [1.165, 1.54) is 0 Å². The molecule has 0 bridgehead atoms. The van der Waals surface area contributed by atoms with Crippen LogP contribution in [0.5, 0.6) is 0 Å². The van der Waals surface area contributed by atoms with Gasteiger partial charge in [-0.1, -0.05) is 0 Å². The van der Waals surface area contributed by atoms with E-state index < -0.39 is 0 Å². The van der Waals surface area contributed by atoms with Crippen molar-refractivity contribution in [2.24, 2.45) is 12.9 Å². The molecular weight excluding hydrogens is 270 g/mol. The quantitative estimate of drug-likeness (QED) is 0.654. The first-order chi connectivity index (χ1) is 7.72. The average molecular weight is 282 g/mol. The van der Waals surface area contributed by atoms with Gasteiger partial charge in [-0.2, -0.15) is 5.10 Å². The molecule has 16 heavy (non-hydrogen) atoms. The van der Waals surface area contributed by atoms with E-state index in [1.54, 1.807) is 17.1 Å². The summed E-state index contributed by atoms with van der Waals surface area (Å²) in [4.78, 5) is 4.32. The van der Waals surface area contributed by atoms with Crippen molar-refractivity contribution in [3.8, 4) is 0 Å². The number of hydrogen-bond donors (Lipinski definition) is 2. The van der Waals surface area contributed by atoms with Crippen molar-refractivity contribution in [2.75, 3.05) is 0 Å². The molecule has 0 radical (unpaired) electrons. The molecular formula is C10H12BrN5. The van der Waals surface area contributed by atoms with Gasteiger partial charge < -0.3 is 0 Å². The topological polar surface area (TPSA) is 68.8 Å². The van der Waals surface area contributed by atoms with Crippen LogP contribution in [-0.4, -0.2) is 14.8 Å². The lowest BCUT2D eigenvalue weighted by Crippen LogP contribution is -2.31. The molecule has 0 aliphatic heterocycles. The Morgan fingerprint density at radius 1 is 1.44 bits per heavy atom. The maximum absolute atomic E-state index is 5.56. The molecule has 3 N–H and O–H groups in total. The van der Waals surface area contributed by atoms with Gasteiger partial charge in [0.25, 0.3) is 0 Å². The Labute approximate surface area is 102 Å². The summed E-state index contributed by atoms with van der Waals surface area (Å²) in [7, 11) is 1.87. The standard InChI is InChI=1S/C10H12BrN5/c1-16-9(4-5-14-16)10(15-12)8-3-2-7(11)6-13-8/h2-6,10,15H,12H2,1H3. The molecule has 0 spiro atoms. The molecule has 5 nitrogen and oxygen atoms in total. The number of nitrogens with two attached hydrogens (primary N) is 1. The van der Waals surface area contributed by atoms with Gasteiger partial charge in [0, 0.05) is 23.9 Å². The molecule has 2 aromatic rings. The number of rotatable bonds is 3. The zero-order valence-electron chi connectivity index (χ0n) is 8.76. The highest BCUT2D eigenvalue weighted by atomic mass is 79.9. The van der Waals surface area contributed by atoms with Gasteiger partial charge >= 0.3 is 0 Å². The highest BCUT2D eigenvalue weighted by molar-refractivity contribution is 9.10. The fourth-order valence-electron chi connectivity index (χ4n) is 1.55. The lowest BCUT2D eigenvalue weighted by molar-refractivity contribution is 0.564. The number of nitrogens with one attached hydrogen (secondary N) is 1. The highest BCUT2D eigenvalue weighted by Crippen LogP contribution is 2.19. The maximum atomic E-state index is 5.56. The SMILES string of the molecule is Cn1nccc1C(NN)c1ccc(Br)cn1. The zero-order chi connectivity index (χ0) is 11.5. The second-order valence-electron chi connectivity index (χ2n) is 3.38. The second kappa shape index (κ2) is 4.73. The summed E-state index contributed by atoms with van der Waals surface area (Å²) < 4.78 is 2.71. The molecule has 6 heteroatoms. The molecule has 1 atom stereocenters. The largest absolute Gasteiger partial charge is 0.271 e. The van der Waals surface area contributed by atoms with Crippen molar-refractivity contribution in [1.29, 1.82) is 0 Å². The van der Waals surface area contributed by atoms with E-state index in [0.29, 0.717) is 0 Å². The molecule has 0 amide bonds. The predicted octanol–water partition coefficient (Wildman–Crippen LogP) is 1.13. The summed E-state index contributed by atoms with van der Waals surface area (Å²) in [5, 5.41) is 4.11. The summed E-state index contributed by atoms with van der Waals surface area (Å²) in [5.74, 6) is 5.56. The Morgan fingerprint density at radius 2 is 2.25 bits per heavy atom. The zero-order valence-corrected chi connectivity index (χ0v) is 10.3. The molecule has 2 heterocycles. The summed E-state index contributed by atoms with van der Waals surface area (Å²) in [5.41, 5.74) is 4.57. The number of nitrogens with zero attached hydrogens (tertiary/aromatic N) is 3. The number of pyridine rings is 1. The minimum atomic E-state index is -0.152. The first-order valence-electron chi connectivity index (χ1n) is 4.78. The minimum absolute atomic E-state index is 0.152. The van der Waals surface area contributed by atoms with Gasteiger partial charge in [0.1, 0.15) is 6.04 Å². The molecule has 0 aliphatic carbocycles. The van der Waals surface area contributed by atoms with Crippen LogP contribution >= 0.6 is 15.9 Å². The summed E-state index contributed by atoms with van der Waals surface area (Å²) >= 11 is 3.35. The van der Waals surface area contributed by atoms with E-state index >= 15 is 0 Å². The number of hydrazine groups is 1. The molecule has 84 valence electrons. The van der Waals surface area contributed by atoms with Gasteiger partial charge in [-0.3, -0.25) is 15.5 Å². The molecule has 2 rings (SSSR count). The predicted molar refractivity (Wildman–Crippen MR) is 64.3 cm³/mol. The van der Waals surface area contributed by atoms with Crippen molar-refractivity contribution < 1.29 is 0 Å². The van der Waals surface area contributed by atoms with Crippen LogP contribution < -0.4 is 11.3 Å². The van der Waals surface area contributed by atoms with E-state index in [0.717, 1.165) is 15.9 Å². The molecule has 0 saturated heterocycles. The third kappa shape index (κ3) is 2.13. The fourth-order valence-corrected chi connectivity index (χ4v) is 1.78. The molecule has 0 aromatic carbocycles. The third-order valence-electron chi connectivity index (χ3n) is 2.37. The Hall–Kier alpha value is -1.24. The Morgan fingerprint density at radius 3 is 2.75 bits per heavy atom. The van der Waals surface area contributed by atoms with Crippen LogP contribution in [-0.2, 0) is 7.05 Å². The van der Waals surface area contributed by atoms with Gasteiger partial charge in [0.05, 0.1) is 11.4 Å². The van der Waals surface area contributed by atoms with Gasteiger partial charge in [0.2, 0.25) is 0 Å². The molecule has 1 unspecified atom stereocenters.